The van der Waals surface area contributed by atoms with E-state index in [9.17, 15) is 9.18 Å². The topological polar surface area (TPSA) is 90.1 Å². The average Bonchev–Trinajstić information content (AvgIpc) is 2.65. The van der Waals surface area contributed by atoms with Gasteiger partial charge in [0, 0.05) is 17.9 Å². The summed E-state index contributed by atoms with van der Waals surface area (Å²) in [6.07, 6.45) is 4.25. The Morgan fingerprint density at radius 1 is 1.31 bits per heavy atom. The van der Waals surface area contributed by atoms with Crippen LogP contribution < -0.4 is 15.8 Å². The Balaban J connectivity index is 1.73. The van der Waals surface area contributed by atoms with Gasteiger partial charge in [-0.2, -0.15) is 0 Å². The highest BCUT2D eigenvalue weighted by Crippen LogP contribution is 2.22. The molecule has 7 heteroatoms. The standard InChI is InChI=1S/C19H23FN4O2/c1-12-14-4-2-3-5-16(14)24-18(23-12)11-22-19(25)15-10-13(20)6-7-17(15)26-9-8-21/h6-7,10H,2-5,8-9,11,21H2,1H3,(H,22,25). The summed E-state index contributed by atoms with van der Waals surface area (Å²) in [7, 11) is 0. The first-order valence-corrected chi connectivity index (χ1v) is 8.84. The third-order valence-corrected chi connectivity index (χ3v) is 4.40. The zero-order valence-corrected chi connectivity index (χ0v) is 14.8. The molecule has 6 nitrogen and oxygen atoms in total. The summed E-state index contributed by atoms with van der Waals surface area (Å²) in [6, 6.07) is 3.83. The first-order chi connectivity index (χ1) is 12.6. The third-order valence-electron chi connectivity index (χ3n) is 4.40. The van der Waals surface area contributed by atoms with Crippen molar-refractivity contribution in [3.63, 3.8) is 0 Å². The molecule has 0 unspecified atom stereocenters. The molecule has 1 aromatic carbocycles. The molecule has 0 bridgehead atoms. The Morgan fingerprint density at radius 2 is 2.12 bits per heavy atom. The zero-order chi connectivity index (χ0) is 18.5. The van der Waals surface area contributed by atoms with Crippen LogP contribution in [0.1, 0.15) is 46.0 Å². The molecule has 0 fully saturated rings. The van der Waals surface area contributed by atoms with Crippen LogP contribution in [0.3, 0.4) is 0 Å². The van der Waals surface area contributed by atoms with E-state index in [0.29, 0.717) is 18.1 Å². The summed E-state index contributed by atoms with van der Waals surface area (Å²) in [5, 5.41) is 2.75. The first kappa shape index (κ1) is 18.3. The molecule has 2 aromatic rings. The molecular formula is C19H23FN4O2. The number of fused-ring (bicyclic) bond motifs is 1. The number of rotatable bonds is 6. The minimum absolute atomic E-state index is 0.133. The smallest absolute Gasteiger partial charge is 0.255 e. The Morgan fingerprint density at radius 3 is 2.92 bits per heavy atom. The number of benzene rings is 1. The molecule has 1 heterocycles. The highest BCUT2D eigenvalue weighted by Gasteiger charge is 2.17. The maximum atomic E-state index is 13.5. The molecule has 0 radical (unpaired) electrons. The zero-order valence-electron chi connectivity index (χ0n) is 14.8. The summed E-state index contributed by atoms with van der Waals surface area (Å²) < 4.78 is 19.0. The van der Waals surface area contributed by atoms with Crippen LogP contribution in [0.25, 0.3) is 0 Å². The van der Waals surface area contributed by atoms with Crippen molar-refractivity contribution in [1.82, 2.24) is 15.3 Å². The second-order valence-corrected chi connectivity index (χ2v) is 6.32. The molecule has 3 rings (SSSR count). The number of hydrogen-bond donors (Lipinski definition) is 2. The van der Waals surface area contributed by atoms with Gasteiger partial charge >= 0.3 is 0 Å². The van der Waals surface area contributed by atoms with E-state index >= 15 is 0 Å². The van der Waals surface area contributed by atoms with E-state index in [1.807, 2.05) is 6.92 Å². The van der Waals surface area contributed by atoms with Gasteiger partial charge < -0.3 is 15.8 Å². The lowest BCUT2D eigenvalue weighted by molar-refractivity contribution is 0.0945. The summed E-state index contributed by atoms with van der Waals surface area (Å²) in [4.78, 5) is 21.6. The van der Waals surface area contributed by atoms with Gasteiger partial charge in [0.2, 0.25) is 0 Å². The average molecular weight is 358 g/mol. The number of aromatic nitrogens is 2. The first-order valence-electron chi connectivity index (χ1n) is 8.84. The van der Waals surface area contributed by atoms with E-state index in [-0.39, 0.29) is 18.7 Å². The number of amides is 1. The monoisotopic (exact) mass is 358 g/mol. The molecule has 0 aliphatic heterocycles. The number of carbonyl (C=O) groups is 1. The number of aryl methyl sites for hydroxylation is 2. The van der Waals surface area contributed by atoms with Crippen molar-refractivity contribution in [2.45, 2.75) is 39.2 Å². The van der Waals surface area contributed by atoms with Gasteiger partial charge in [0.05, 0.1) is 12.1 Å². The van der Waals surface area contributed by atoms with Crippen LogP contribution in [-0.4, -0.2) is 29.0 Å². The van der Waals surface area contributed by atoms with E-state index in [4.69, 9.17) is 10.5 Å². The quantitative estimate of drug-likeness (QED) is 0.825. The second kappa shape index (κ2) is 8.23. The Bertz CT molecular complexity index is 810. The van der Waals surface area contributed by atoms with E-state index in [0.717, 1.165) is 36.7 Å². The van der Waals surface area contributed by atoms with Crippen molar-refractivity contribution < 1.29 is 13.9 Å². The minimum Gasteiger partial charge on any atom is -0.491 e. The van der Waals surface area contributed by atoms with Crippen LogP contribution in [0, 0.1) is 12.7 Å². The number of hydrogen-bond acceptors (Lipinski definition) is 5. The van der Waals surface area contributed by atoms with Crippen LogP contribution in [0.2, 0.25) is 0 Å². The van der Waals surface area contributed by atoms with E-state index in [1.54, 1.807) is 0 Å². The molecule has 1 aromatic heterocycles. The van der Waals surface area contributed by atoms with Crippen molar-refractivity contribution in [3.8, 4) is 5.75 Å². The largest absolute Gasteiger partial charge is 0.491 e. The molecule has 0 saturated heterocycles. The van der Waals surface area contributed by atoms with E-state index in [1.165, 1.54) is 24.1 Å². The fourth-order valence-electron chi connectivity index (χ4n) is 3.15. The van der Waals surface area contributed by atoms with Crippen LogP contribution >= 0.6 is 0 Å². The van der Waals surface area contributed by atoms with Crippen LogP contribution in [0.4, 0.5) is 4.39 Å². The fraction of sp³-hybridized carbons (Fsp3) is 0.421. The molecule has 1 amide bonds. The molecule has 1 aliphatic carbocycles. The lowest BCUT2D eigenvalue weighted by Crippen LogP contribution is -2.26. The molecule has 0 spiro atoms. The number of ether oxygens (including phenoxy) is 1. The lowest BCUT2D eigenvalue weighted by atomic mass is 9.95. The van der Waals surface area contributed by atoms with E-state index in [2.05, 4.69) is 15.3 Å². The number of nitrogens with zero attached hydrogens (tertiary/aromatic N) is 2. The normalized spacial score (nSPS) is 13.2. The molecule has 1 aliphatic rings. The number of carbonyl (C=O) groups excluding carboxylic acids is 1. The maximum absolute atomic E-state index is 13.5. The van der Waals surface area contributed by atoms with Gasteiger partial charge in [-0.15, -0.1) is 0 Å². The highest BCUT2D eigenvalue weighted by atomic mass is 19.1. The third kappa shape index (κ3) is 4.16. The predicted molar refractivity (Wildman–Crippen MR) is 95.5 cm³/mol. The molecule has 0 saturated carbocycles. The molecule has 26 heavy (non-hydrogen) atoms. The number of nitrogens with two attached hydrogens (primary N) is 1. The highest BCUT2D eigenvalue weighted by molar-refractivity contribution is 5.96. The van der Waals surface area contributed by atoms with Gasteiger partial charge in [0.15, 0.2) is 0 Å². The van der Waals surface area contributed by atoms with Gasteiger partial charge in [-0.25, -0.2) is 14.4 Å². The van der Waals surface area contributed by atoms with Gasteiger partial charge in [0.1, 0.15) is 24.0 Å². The molecule has 138 valence electrons. The van der Waals surface area contributed by atoms with Crippen molar-refractivity contribution in [2.24, 2.45) is 5.73 Å². The van der Waals surface area contributed by atoms with Crippen molar-refractivity contribution >= 4 is 5.91 Å². The Hall–Kier alpha value is -2.54. The predicted octanol–water partition coefficient (Wildman–Crippen LogP) is 2.07. The van der Waals surface area contributed by atoms with E-state index < -0.39 is 11.7 Å². The molecular weight excluding hydrogens is 335 g/mol. The Kier molecular flexibility index (Phi) is 5.78. The molecule has 0 atom stereocenters. The number of nitrogens with one attached hydrogen (secondary N) is 1. The molecule has 3 N–H and O–H groups in total. The SMILES string of the molecule is Cc1nc(CNC(=O)c2cc(F)ccc2OCCN)nc2c1CCCC2. The van der Waals surface area contributed by atoms with Gasteiger partial charge in [-0.1, -0.05) is 0 Å². The lowest BCUT2D eigenvalue weighted by Gasteiger charge is -2.17. The minimum atomic E-state index is -0.504. The second-order valence-electron chi connectivity index (χ2n) is 6.32. The van der Waals surface area contributed by atoms with Gasteiger partial charge in [-0.05, 0) is 56.4 Å². The van der Waals surface area contributed by atoms with Gasteiger partial charge in [-0.3, -0.25) is 4.79 Å². The van der Waals surface area contributed by atoms with Crippen molar-refractivity contribution in [1.29, 1.82) is 0 Å². The fourth-order valence-corrected chi connectivity index (χ4v) is 3.15. The van der Waals surface area contributed by atoms with Crippen molar-refractivity contribution in [2.75, 3.05) is 13.2 Å². The summed E-state index contributed by atoms with van der Waals surface area (Å²) >= 11 is 0. The number of halogens is 1. The maximum Gasteiger partial charge on any atom is 0.255 e. The van der Waals surface area contributed by atoms with Crippen LogP contribution in [0.15, 0.2) is 18.2 Å². The van der Waals surface area contributed by atoms with Crippen LogP contribution in [-0.2, 0) is 19.4 Å². The summed E-state index contributed by atoms with van der Waals surface area (Å²) in [5.74, 6) is -0.0687. The summed E-state index contributed by atoms with van der Waals surface area (Å²) in [5.41, 5.74) is 8.83. The van der Waals surface area contributed by atoms with Crippen molar-refractivity contribution in [3.05, 3.63) is 52.4 Å². The van der Waals surface area contributed by atoms with Gasteiger partial charge in [0.25, 0.3) is 5.91 Å². The van der Waals surface area contributed by atoms with Crippen LogP contribution in [0.5, 0.6) is 5.75 Å². The summed E-state index contributed by atoms with van der Waals surface area (Å²) in [6.45, 7) is 2.71. The Labute approximate surface area is 152 Å².